The van der Waals surface area contributed by atoms with Crippen LogP contribution in [0.2, 0.25) is 0 Å². The first kappa shape index (κ1) is 12.7. The molecule has 0 aromatic heterocycles. The zero-order valence-electron chi connectivity index (χ0n) is 10.1. The molecule has 1 aromatic carbocycles. The van der Waals surface area contributed by atoms with Gasteiger partial charge in [-0.2, -0.15) is 0 Å². The number of hydrogen-bond acceptors (Lipinski definition) is 3. The minimum absolute atomic E-state index is 0.757. The molecule has 0 aliphatic heterocycles. The lowest BCUT2D eigenvalue weighted by atomic mass is 10.1. The fourth-order valence-corrected chi connectivity index (χ4v) is 1.69. The van der Waals surface area contributed by atoms with Gasteiger partial charge in [0.15, 0.2) is 0 Å². The summed E-state index contributed by atoms with van der Waals surface area (Å²) in [6.07, 6.45) is 0.780. The minimum atomic E-state index is 0.757. The van der Waals surface area contributed by atoms with Crippen LogP contribution < -0.4 is 0 Å². The van der Waals surface area contributed by atoms with Gasteiger partial charge in [0.2, 0.25) is 0 Å². The van der Waals surface area contributed by atoms with Crippen LogP contribution in [0.3, 0.4) is 0 Å². The molecule has 0 saturated carbocycles. The summed E-state index contributed by atoms with van der Waals surface area (Å²) in [7, 11) is 0. The second-order valence-electron chi connectivity index (χ2n) is 3.69. The topological polar surface area (TPSA) is 35.8 Å². The van der Waals surface area contributed by atoms with Crippen molar-refractivity contribution in [3.8, 4) is 0 Å². The molecule has 0 atom stereocenters. The maximum atomic E-state index is 9.01. The van der Waals surface area contributed by atoms with Crippen LogP contribution in [0, 0.1) is 0 Å². The molecule has 1 N–H and O–H groups in total. The molecule has 88 valence electrons. The Morgan fingerprint density at radius 1 is 1.19 bits per heavy atom. The molecule has 0 aliphatic rings. The van der Waals surface area contributed by atoms with E-state index < -0.39 is 0 Å². The van der Waals surface area contributed by atoms with E-state index in [1.807, 2.05) is 30.3 Å². The molecular formula is C13H20N2O. The van der Waals surface area contributed by atoms with E-state index >= 15 is 0 Å². The van der Waals surface area contributed by atoms with Crippen molar-refractivity contribution < 1.29 is 5.21 Å². The van der Waals surface area contributed by atoms with E-state index in [0.717, 1.165) is 37.3 Å². The molecule has 3 nitrogen and oxygen atoms in total. The van der Waals surface area contributed by atoms with Crippen molar-refractivity contribution in [2.45, 2.75) is 20.3 Å². The molecule has 0 saturated heterocycles. The van der Waals surface area contributed by atoms with Gasteiger partial charge in [-0.05, 0) is 18.7 Å². The third-order valence-electron chi connectivity index (χ3n) is 2.79. The Labute approximate surface area is 97.4 Å². The quantitative estimate of drug-likeness (QED) is 0.454. The van der Waals surface area contributed by atoms with Gasteiger partial charge in [-0.15, -0.1) is 0 Å². The summed E-state index contributed by atoms with van der Waals surface area (Å²) in [5, 5.41) is 12.4. The third kappa shape index (κ3) is 3.66. The molecular weight excluding hydrogens is 200 g/mol. The number of hydrogen-bond donors (Lipinski definition) is 1. The first-order valence-electron chi connectivity index (χ1n) is 5.80. The van der Waals surface area contributed by atoms with Crippen molar-refractivity contribution in [2.75, 3.05) is 19.6 Å². The molecule has 3 heteroatoms. The van der Waals surface area contributed by atoms with Crippen LogP contribution in [0.25, 0.3) is 0 Å². The van der Waals surface area contributed by atoms with E-state index in [1.165, 1.54) is 0 Å². The van der Waals surface area contributed by atoms with E-state index in [2.05, 4.69) is 23.9 Å². The maximum absolute atomic E-state index is 9.01. The molecule has 1 rings (SSSR count). The standard InChI is InChI=1S/C13H20N2O/c1-3-15(4-2)11-10-13(14-16)12-8-6-5-7-9-12/h5-9,16H,3-4,10-11H2,1-2H3. The highest BCUT2D eigenvalue weighted by Crippen LogP contribution is 2.05. The SMILES string of the molecule is CCN(CC)CCC(=NO)c1ccccc1. The first-order valence-corrected chi connectivity index (χ1v) is 5.80. The average molecular weight is 220 g/mol. The molecule has 0 heterocycles. The van der Waals surface area contributed by atoms with E-state index in [4.69, 9.17) is 5.21 Å². The Morgan fingerprint density at radius 2 is 1.81 bits per heavy atom. The average Bonchev–Trinajstić information content (AvgIpc) is 2.36. The van der Waals surface area contributed by atoms with Gasteiger partial charge in [0.25, 0.3) is 0 Å². The molecule has 0 spiro atoms. The Balaban J connectivity index is 2.58. The van der Waals surface area contributed by atoms with E-state index in [0.29, 0.717) is 0 Å². The van der Waals surface area contributed by atoms with E-state index in [-0.39, 0.29) is 0 Å². The highest BCUT2D eigenvalue weighted by Gasteiger charge is 2.06. The van der Waals surface area contributed by atoms with Gasteiger partial charge in [-0.25, -0.2) is 0 Å². The summed E-state index contributed by atoms with van der Waals surface area (Å²) >= 11 is 0. The van der Waals surface area contributed by atoms with Crippen LogP contribution in [0.15, 0.2) is 35.5 Å². The van der Waals surface area contributed by atoms with Crippen molar-refractivity contribution in [1.82, 2.24) is 4.90 Å². The largest absolute Gasteiger partial charge is 0.411 e. The van der Waals surface area contributed by atoms with Crippen molar-refractivity contribution in [2.24, 2.45) is 5.16 Å². The number of benzene rings is 1. The van der Waals surface area contributed by atoms with Crippen LogP contribution in [0.4, 0.5) is 0 Å². The molecule has 0 amide bonds. The first-order chi connectivity index (χ1) is 7.81. The highest BCUT2D eigenvalue weighted by molar-refractivity contribution is 6.00. The van der Waals surface area contributed by atoms with Gasteiger partial charge in [0.05, 0.1) is 5.71 Å². The lowest BCUT2D eigenvalue weighted by Crippen LogP contribution is -2.26. The molecule has 0 fully saturated rings. The lowest BCUT2D eigenvalue weighted by molar-refractivity contribution is 0.302. The van der Waals surface area contributed by atoms with Crippen molar-refractivity contribution >= 4 is 5.71 Å². The smallest absolute Gasteiger partial charge is 0.0880 e. The van der Waals surface area contributed by atoms with Crippen LogP contribution >= 0.6 is 0 Å². The third-order valence-corrected chi connectivity index (χ3v) is 2.79. The number of nitrogens with zero attached hydrogens (tertiary/aromatic N) is 2. The van der Waals surface area contributed by atoms with Gasteiger partial charge in [-0.3, -0.25) is 0 Å². The Bertz CT molecular complexity index is 318. The Hall–Kier alpha value is -1.35. The van der Waals surface area contributed by atoms with Crippen LogP contribution in [0.5, 0.6) is 0 Å². The van der Waals surface area contributed by atoms with E-state index in [1.54, 1.807) is 0 Å². The predicted molar refractivity (Wildman–Crippen MR) is 67.2 cm³/mol. The fourth-order valence-electron chi connectivity index (χ4n) is 1.69. The Kier molecular flexibility index (Phi) is 5.57. The fraction of sp³-hybridized carbons (Fsp3) is 0.462. The second-order valence-corrected chi connectivity index (χ2v) is 3.69. The predicted octanol–water partition coefficient (Wildman–Crippen LogP) is 2.60. The zero-order valence-corrected chi connectivity index (χ0v) is 10.1. The van der Waals surface area contributed by atoms with Crippen LogP contribution in [-0.4, -0.2) is 35.5 Å². The summed E-state index contributed by atoms with van der Waals surface area (Å²) in [5.74, 6) is 0. The van der Waals surface area contributed by atoms with Gasteiger partial charge >= 0.3 is 0 Å². The summed E-state index contributed by atoms with van der Waals surface area (Å²) < 4.78 is 0. The van der Waals surface area contributed by atoms with Gasteiger partial charge in [0.1, 0.15) is 0 Å². The Morgan fingerprint density at radius 3 is 2.31 bits per heavy atom. The van der Waals surface area contributed by atoms with Crippen LogP contribution in [-0.2, 0) is 0 Å². The second kappa shape index (κ2) is 7.01. The monoisotopic (exact) mass is 220 g/mol. The van der Waals surface area contributed by atoms with Crippen LogP contribution in [0.1, 0.15) is 25.8 Å². The van der Waals surface area contributed by atoms with E-state index in [9.17, 15) is 0 Å². The molecule has 0 radical (unpaired) electrons. The highest BCUT2D eigenvalue weighted by atomic mass is 16.4. The normalized spacial score (nSPS) is 12.1. The van der Waals surface area contributed by atoms with Crippen molar-refractivity contribution in [3.05, 3.63) is 35.9 Å². The number of rotatable bonds is 6. The minimum Gasteiger partial charge on any atom is -0.411 e. The summed E-state index contributed by atoms with van der Waals surface area (Å²) in [4.78, 5) is 2.31. The van der Waals surface area contributed by atoms with Gasteiger partial charge in [0, 0.05) is 13.0 Å². The molecule has 0 bridgehead atoms. The molecule has 16 heavy (non-hydrogen) atoms. The van der Waals surface area contributed by atoms with Gasteiger partial charge < -0.3 is 10.1 Å². The van der Waals surface area contributed by atoms with Crippen molar-refractivity contribution in [3.63, 3.8) is 0 Å². The maximum Gasteiger partial charge on any atom is 0.0880 e. The summed E-state index contributed by atoms with van der Waals surface area (Å²) in [5.41, 5.74) is 1.75. The molecule has 0 unspecified atom stereocenters. The lowest BCUT2D eigenvalue weighted by Gasteiger charge is -2.17. The van der Waals surface area contributed by atoms with Gasteiger partial charge in [-0.1, -0.05) is 49.3 Å². The van der Waals surface area contributed by atoms with Crippen molar-refractivity contribution in [1.29, 1.82) is 0 Å². The number of oxime groups is 1. The molecule has 0 aliphatic carbocycles. The summed E-state index contributed by atoms with van der Waals surface area (Å²) in [6.45, 7) is 7.28. The molecule has 1 aromatic rings. The summed E-state index contributed by atoms with van der Waals surface area (Å²) in [6, 6.07) is 9.81. The zero-order chi connectivity index (χ0) is 11.8.